The Morgan fingerprint density at radius 1 is 1.20 bits per heavy atom. The molecule has 0 aromatic heterocycles. The minimum absolute atomic E-state index is 0.0496. The molecule has 1 N–H and O–H groups in total. The van der Waals surface area contributed by atoms with Crippen LogP contribution in [0.25, 0.3) is 0 Å². The van der Waals surface area contributed by atoms with Crippen LogP contribution in [0.15, 0.2) is 30.3 Å². The average Bonchev–Trinajstić information content (AvgIpc) is 3.31. The number of ether oxygens (including phenoxy) is 2. The van der Waals surface area contributed by atoms with Crippen molar-refractivity contribution in [1.82, 2.24) is 10.2 Å². The lowest BCUT2D eigenvalue weighted by Crippen LogP contribution is -2.52. The van der Waals surface area contributed by atoms with Gasteiger partial charge in [-0.1, -0.05) is 30.3 Å². The minimum Gasteiger partial charge on any atom is -0.379 e. The lowest BCUT2D eigenvalue weighted by Gasteiger charge is -2.36. The Morgan fingerprint density at radius 3 is 2.88 bits per heavy atom. The molecule has 0 bridgehead atoms. The molecule has 3 unspecified atom stereocenters. The fourth-order valence-electron chi connectivity index (χ4n) is 4.64. The Balaban J connectivity index is 1.38. The summed E-state index contributed by atoms with van der Waals surface area (Å²) in [6, 6.07) is 10.4. The molecule has 1 spiro atoms. The van der Waals surface area contributed by atoms with Crippen molar-refractivity contribution < 1.29 is 14.3 Å². The Labute approximate surface area is 149 Å². The van der Waals surface area contributed by atoms with Gasteiger partial charge in [0.15, 0.2) is 0 Å². The van der Waals surface area contributed by atoms with Crippen molar-refractivity contribution in [3.05, 3.63) is 35.9 Å². The monoisotopic (exact) mass is 344 g/mol. The second-order valence-corrected chi connectivity index (χ2v) is 7.57. The van der Waals surface area contributed by atoms with Gasteiger partial charge < -0.3 is 19.7 Å². The van der Waals surface area contributed by atoms with E-state index in [4.69, 9.17) is 9.47 Å². The molecule has 0 saturated carbocycles. The van der Waals surface area contributed by atoms with Gasteiger partial charge in [0.1, 0.15) is 0 Å². The van der Waals surface area contributed by atoms with Crippen molar-refractivity contribution in [1.29, 1.82) is 0 Å². The van der Waals surface area contributed by atoms with E-state index in [0.29, 0.717) is 19.1 Å². The van der Waals surface area contributed by atoms with E-state index in [1.807, 2.05) is 11.0 Å². The number of benzene rings is 1. The smallest absolute Gasteiger partial charge is 0.317 e. The zero-order valence-corrected chi connectivity index (χ0v) is 14.8. The van der Waals surface area contributed by atoms with Crippen LogP contribution in [-0.2, 0) is 9.47 Å². The summed E-state index contributed by atoms with van der Waals surface area (Å²) in [5.41, 5.74) is 1.16. The third kappa shape index (κ3) is 3.40. The van der Waals surface area contributed by atoms with Gasteiger partial charge in [-0.05, 0) is 37.7 Å². The Bertz CT molecular complexity index is 580. The summed E-state index contributed by atoms with van der Waals surface area (Å²) >= 11 is 0. The largest absolute Gasteiger partial charge is 0.379 e. The van der Waals surface area contributed by atoms with Crippen LogP contribution in [0, 0.1) is 5.92 Å². The van der Waals surface area contributed by atoms with Crippen molar-refractivity contribution in [2.45, 2.75) is 43.7 Å². The first-order valence-electron chi connectivity index (χ1n) is 9.58. The lowest BCUT2D eigenvalue weighted by molar-refractivity contribution is -0.0273. The van der Waals surface area contributed by atoms with Gasteiger partial charge >= 0.3 is 6.03 Å². The van der Waals surface area contributed by atoms with Gasteiger partial charge in [-0.25, -0.2) is 4.79 Å². The van der Waals surface area contributed by atoms with Crippen LogP contribution < -0.4 is 5.32 Å². The first kappa shape index (κ1) is 16.9. The van der Waals surface area contributed by atoms with E-state index in [9.17, 15) is 4.79 Å². The van der Waals surface area contributed by atoms with Crippen molar-refractivity contribution >= 4 is 6.03 Å². The Kier molecular flexibility index (Phi) is 4.95. The number of likely N-dealkylation sites (tertiary alicyclic amines) is 1. The van der Waals surface area contributed by atoms with Crippen molar-refractivity contribution in [3.63, 3.8) is 0 Å². The maximum atomic E-state index is 12.8. The quantitative estimate of drug-likeness (QED) is 0.916. The van der Waals surface area contributed by atoms with Crippen LogP contribution in [0.5, 0.6) is 0 Å². The SMILES string of the molecule is O=C(NCC1CCCOC1c1ccccc1)N1CCCC12CCOC2. The molecule has 1 aromatic carbocycles. The third-order valence-electron chi connectivity index (χ3n) is 6.01. The van der Waals surface area contributed by atoms with Gasteiger partial charge in [0, 0.05) is 32.2 Å². The van der Waals surface area contributed by atoms with Crippen LogP contribution in [0.4, 0.5) is 4.79 Å². The van der Waals surface area contributed by atoms with Crippen molar-refractivity contribution in [2.24, 2.45) is 5.92 Å². The number of rotatable bonds is 3. The predicted octanol–water partition coefficient (Wildman–Crippen LogP) is 3.12. The predicted molar refractivity (Wildman–Crippen MR) is 95.4 cm³/mol. The maximum Gasteiger partial charge on any atom is 0.317 e. The van der Waals surface area contributed by atoms with Crippen molar-refractivity contribution in [2.75, 3.05) is 32.9 Å². The molecule has 3 heterocycles. The second kappa shape index (κ2) is 7.34. The van der Waals surface area contributed by atoms with Gasteiger partial charge in [0.2, 0.25) is 0 Å². The molecule has 3 aliphatic heterocycles. The average molecular weight is 344 g/mol. The Morgan fingerprint density at radius 2 is 2.08 bits per heavy atom. The van der Waals surface area contributed by atoms with E-state index < -0.39 is 0 Å². The highest BCUT2D eigenvalue weighted by molar-refractivity contribution is 5.75. The second-order valence-electron chi connectivity index (χ2n) is 7.57. The van der Waals surface area contributed by atoms with Crippen LogP contribution in [0.1, 0.15) is 43.8 Å². The van der Waals surface area contributed by atoms with Crippen molar-refractivity contribution in [3.8, 4) is 0 Å². The number of carbonyl (C=O) groups excluding carboxylic acids is 1. The molecule has 136 valence electrons. The number of amides is 2. The van der Waals surface area contributed by atoms with E-state index in [2.05, 4.69) is 29.6 Å². The van der Waals surface area contributed by atoms with Crippen LogP contribution in [0.3, 0.4) is 0 Å². The van der Waals surface area contributed by atoms with Gasteiger partial charge in [0.25, 0.3) is 0 Å². The topological polar surface area (TPSA) is 50.8 Å². The summed E-state index contributed by atoms with van der Waals surface area (Å²) in [4.78, 5) is 14.8. The summed E-state index contributed by atoms with van der Waals surface area (Å²) < 4.78 is 11.6. The van der Waals surface area contributed by atoms with Gasteiger partial charge in [-0.3, -0.25) is 0 Å². The molecular weight excluding hydrogens is 316 g/mol. The molecule has 0 radical (unpaired) electrons. The number of urea groups is 1. The molecule has 25 heavy (non-hydrogen) atoms. The van der Waals surface area contributed by atoms with E-state index >= 15 is 0 Å². The standard InChI is InChI=1S/C20H28N2O3/c23-19(22-11-5-9-20(22)10-13-24-15-20)21-14-17-8-4-12-25-18(17)16-6-2-1-3-7-16/h1-3,6-7,17-18H,4-5,8-15H2,(H,21,23). The maximum absolute atomic E-state index is 12.8. The van der Waals surface area contributed by atoms with Crippen LogP contribution in [-0.4, -0.2) is 49.4 Å². The van der Waals surface area contributed by atoms with E-state index in [0.717, 1.165) is 51.9 Å². The van der Waals surface area contributed by atoms with E-state index in [-0.39, 0.29) is 17.7 Å². The fourth-order valence-corrected chi connectivity index (χ4v) is 4.64. The van der Waals surface area contributed by atoms with E-state index in [1.165, 1.54) is 5.56 Å². The molecule has 2 amide bonds. The zero-order chi connectivity index (χ0) is 17.1. The van der Waals surface area contributed by atoms with E-state index in [1.54, 1.807) is 0 Å². The normalized spacial score (nSPS) is 32.2. The highest BCUT2D eigenvalue weighted by Gasteiger charge is 2.46. The number of hydrogen-bond acceptors (Lipinski definition) is 3. The minimum atomic E-state index is -0.0496. The molecule has 0 aliphatic carbocycles. The molecule has 5 nitrogen and oxygen atoms in total. The molecule has 3 atom stereocenters. The van der Waals surface area contributed by atoms with Gasteiger partial charge in [-0.2, -0.15) is 0 Å². The highest BCUT2D eigenvalue weighted by Crippen LogP contribution is 2.37. The first-order valence-corrected chi connectivity index (χ1v) is 9.58. The third-order valence-corrected chi connectivity index (χ3v) is 6.01. The Hall–Kier alpha value is -1.59. The number of nitrogens with zero attached hydrogens (tertiary/aromatic N) is 1. The van der Waals surface area contributed by atoms with Crippen LogP contribution in [0.2, 0.25) is 0 Å². The summed E-state index contributed by atoms with van der Waals surface area (Å²) in [5, 5.41) is 3.20. The molecule has 3 saturated heterocycles. The lowest BCUT2D eigenvalue weighted by atomic mass is 9.89. The highest BCUT2D eigenvalue weighted by atomic mass is 16.5. The number of carbonyl (C=O) groups is 1. The summed E-state index contributed by atoms with van der Waals surface area (Å²) in [7, 11) is 0. The molecule has 1 aromatic rings. The molecule has 5 heteroatoms. The fraction of sp³-hybridized carbons (Fsp3) is 0.650. The zero-order valence-electron chi connectivity index (χ0n) is 14.8. The van der Waals surface area contributed by atoms with Gasteiger partial charge in [-0.15, -0.1) is 0 Å². The molecule has 3 fully saturated rings. The molecule has 3 aliphatic rings. The van der Waals surface area contributed by atoms with Gasteiger partial charge in [0.05, 0.1) is 18.2 Å². The number of nitrogens with one attached hydrogen (secondary N) is 1. The number of hydrogen-bond donors (Lipinski definition) is 1. The first-order chi connectivity index (χ1) is 12.3. The molecule has 4 rings (SSSR count). The molecular formula is C20H28N2O3. The summed E-state index contributed by atoms with van der Waals surface area (Å²) in [5.74, 6) is 0.332. The van der Waals surface area contributed by atoms with Crippen LogP contribution >= 0.6 is 0 Å². The summed E-state index contributed by atoms with van der Waals surface area (Å²) in [6.45, 7) is 3.79. The summed E-state index contributed by atoms with van der Waals surface area (Å²) in [6.07, 6.45) is 5.35.